The van der Waals surface area contributed by atoms with E-state index < -0.39 is 11.4 Å². The van der Waals surface area contributed by atoms with Crippen molar-refractivity contribution in [2.75, 3.05) is 13.2 Å². The van der Waals surface area contributed by atoms with Crippen LogP contribution in [0.4, 0.5) is 0 Å². The van der Waals surface area contributed by atoms with Crippen LogP contribution in [0.1, 0.15) is 26.3 Å². The minimum absolute atomic E-state index is 0.230. The van der Waals surface area contributed by atoms with E-state index in [1.54, 1.807) is 13.0 Å². The molecule has 1 aromatic carbocycles. The Kier molecular flexibility index (Phi) is 6.23. The van der Waals surface area contributed by atoms with Gasteiger partial charge in [-0.05, 0) is 45.4 Å². The van der Waals surface area contributed by atoms with Crippen LogP contribution in [0.2, 0.25) is 5.02 Å². The Morgan fingerprint density at radius 3 is 2.48 bits per heavy atom. The summed E-state index contributed by atoms with van der Waals surface area (Å²) in [7, 11) is 0. The summed E-state index contributed by atoms with van der Waals surface area (Å²) in [5, 5.41) is 0.406. The molecule has 0 spiro atoms. The number of ether oxygens (including phenoxy) is 2. The lowest BCUT2D eigenvalue weighted by Crippen LogP contribution is -2.38. The molecule has 0 aromatic heterocycles. The van der Waals surface area contributed by atoms with Crippen LogP contribution in [0.5, 0.6) is 5.75 Å². The molecule has 0 bridgehead atoms. The Hall–Kier alpha value is -1.07. The molecule has 0 saturated heterocycles. The second-order valence-corrected chi connectivity index (χ2v) is 6.41. The molecule has 1 rings (SSSR count). The van der Waals surface area contributed by atoms with Crippen LogP contribution in [0, 0.1) is 12.3 Å². The number of Topliss-reactive ketones (excluding diaryl/α,β-unsaturated/α-hetero) is 1. The Labute approximate surface area is 137 Å². The van der Waals surface area contributed by atoms with Gasteiger partial charge in [0.1, 0.15) is 17.8 Å². The van der Waals surface area contributed by atoms with Crippen molar-refractivity contribution in [1.82, 2.24) is 0 Å². The minimum Gasteiger partial charge on any atom is -0.484 e. The summed E-state index contributed by atoms with van der Waals surface area (Å²) in [6.07, 6.45) is 0. The van der Waals surface area contributed by atoms with E-state index in [4.69, 9.17) is 21.1 Å². The third kappa shape index (κ3) is 4.45. The monoisotopic (exact) mass is 376 g/mol. The van der Waals surface area contributed by atoms with E-state index in [0.717, 1.165) is 10.0 Å². The van der Waals surface area contributed by atoms with E-state index in [9.17, 15) is 9.59 Å². The quantitative estimate of drug-likeness (QED) is 0.556. The molecule has 0 aliphatic heterocycles. The molecule has 0 heterocycles. The fourth-order valence-corrected chi connectivity index (χ4v) is 2.64. The maximum absolute atomic E-state index is 12.2. The number of hydrogen-bond donors (Lipinski definition) is 0. The number of ketones is 1. The Balaban J connectivity index is 2.80. The maximum atomic E-state index is 12.2. The van der Waals surface area contributed by atoms with E-state index in [-0.39, 0.29) is 19.0 Å². The number of hydrogen-bond acceptors (Lipinski definition) is 4. The van der Waals surface area contributed by atoms with Gasteiger partial charge in [-0.25, -0.2) is 0 Å². The van der Waals surface area contributed by atoms with E-state index in [2.05, 4.69) is 15.9 Å². The number of esters is 1. The first-order chi connectivity index (χ1) is 9.70. The van der Waals surface area contributed by atoms with Crippen molar-refractivity contribution in [3.63, 3.8) is 0 Å². The summed E-state index contributed by atoms with van der Waals surface area (Å²) < 4.78 is 11.2. The second-order valence-electron chi connectivity index (χ2n) is 5.09. The van der Waals surface area contributed by atoms with Gasteiger partial charge >= 0.3 is 5.97 Å². The van der Waals surface area contributed by atoms with Crippen LogP contribution in [-0.2, 0) is 14.3 Å². The normalized spacial score (nSPS) is 11.1. The van der Waals surface area contributed by atoms with Crippen molar-refractivity contribution < 1.29 is 19.1 Å². The van der Waals surface area contributed by atoms with E-state index >= 15 is 0 Å². The average Bonchev–Trinajstić information content (AvgIpc) is 2.37. The summed E-state index contributed by atoms with van der Waals surface area (Å²) in [5.74, 6) is -0.482. The topological polar surface area (TPSA) is 52.6 Å². The number of aryl methyl sites for hydroxylation is 1. The zero-order valence-electron chi connectivity index (χ0n) is 12.5. The fraction of sp³-hybridized carbons (Fsp3) is 0.467. The number of carbonyl (C=O) groups excluding carboxylic acids is 2. The molecular weight excluding hydrogens is 360 g/mol. The minimum atomic E-state index is -1.24. The van der Waals surface area contributed by atoms with Gasteiger partial charge in [0, 0.05) is 4.47 Å². The van der Waals surface area contributed by atoms with Crippen LogP contribution < -0.4 is 4.74 Å². The summed E-state index contributed by atoms with van der Waals surface area (Å²) in [6, 6.07) is 3.52. The lowest BCUT2D eigenvalue weighted by Gasteiger charge is -2.21. The zero-order chi connectivity index (χ0) is 16.2. The smallest absolute Gasteiger partial charge is 0.319 e. The molecule has 0 fully saturated rings. The molecule has 0 aliphatic carbocycles. The highest BCUT2D eigenvalue weighted by Gasteiger charge is 2.37. The van der Waals surface area contributed by atoms with Crippen LogP contribution in [0.25, 0.3) is 0 Å². The molecule has 1 aromatic rings. The molecule has 0 N–H and O–H groups in total. The highest BCUT2D eigenvalue weighted by Crippen LogP contribution is 2.32. The van der Waals surface area contributed by atoms with Gasteiger partial charge < -0.3 is 9.47 Å². The predicted octanol–water partition coefficient (Wildman–Crippen LogP) is 3.95. The van der Waals surface area contributed by atoms with Gasteiger partial charge in [0.2, 0.25) is 0 Å². The largest absolute Gasteiger partial charge is 0.484 e. The van der Waals surface area contributed by atoms with Crippen molar-refractivity contribution >= 4 is 39.3 Å². The van der Waals surface area contributed by atoms with Crippen molar-refractivity contribution in [3.8, 4) is 5.75 Å². The molecule has 0 atom stereocenters. The molecule has 116 valence electrons. The number of halogens is 2. The van der Waals surface area contributed by atoms with E-state index in [0.29, 0.717) is 10.8 Å². The van der Waals surface area contributed by atoms with Gasteiger partial charge in [-0.15, -0.1) is 0 Å². The second kappa shape index (κ2) is 7.27. The van der Waals surface area contributed by atoms with Crippen molar-refractivity contribution in [3.05, 3.63) is 27.2 Å². The van der Waals surface area contributed by atoms with Crippen LogP contribution in [0.3, 0.4) is 0 Å². The molecule has 6 heteroatoms. The van der Waals surface area contributed by atoms with Gasteiger partial charge in [-0.1, -0.05) is 27.5 Å². The van der Waals surface area contributed by atoms with Crippen LogP contribution in [0.15, 0.2) is 16.6 Å². The molecule has 0 radical (unpaired) electrons. The molecule has 21 heavy (non-hydrogen) atoms. The predicted molar refractivity (Wildman–Crippen MR) is 84.8 cm³/mol. The van der Waals surface area contributed by atoms with Crippen LogP contribution >= 0.6 is 27.5 Å². The standard InChI is InChI=1S/C15H18BrClO4/c1-5-20-14(19)15(3,4)12(18)8-21-13-9(2)6-10(16)7-11(13)17/h6-7H,5,8H2,1-4H3. The average molecular weight is 378 g/mol. The van der Waals surface area contributed by atoms with Crippen molar-refractivity contribution in [1.29, 1.82) is 0 Å². The first-order valence-corrected chi connectivity index (χ1v) is 7.66. The summed E-state index contributed by atoms with van der Waals surface area (Å²) in [5.41, 5.74) is -0.442. The Morgan fingerprint density at radius 1 is 1.33 bits per heavy atom. The lowest BCUT2D eigenvalue weighted by atomic mass is 9.88. The first-order valence-electron chi connectivity index (χ1n) is 6.49. The number of rotatable bonds is 6. The number of benzene rings is 1. The Bertz CT molecular complexity index is 532. The Morgan fingerprint density at radius 2 is 1.95 bits per heavy atom. The van der Waals surface area contributed by atoms with Crippen molar-refractivity contribution in [2.45, 2.75) is 27.7 Å². The summed E-state index contributed by atoms with van der Waals surface area (Å²) >= 11 is 9.41. The maximum Gasteiger partial charge on any atom is 0.319 e. The molecular formula is C15H18BrClO4. The van der Waals surface area contributed by atoms with Gasteiger partial charge in [-0.3, -0.25) is 9.59 Å². The van der Waals surface area contributed by atoms with Gasteiger partial charge in [0.15, 0.2) is 5.78 Å². The zero-order valence-corrected chi connectivity index (χ0v) is 14.8. The van der Waals surface area contributed by atoms with Gasteiger partial charge in [0.05, 0.1) is 11.6 Å². The third-order valence-corrected chi connectivity index (χ3v) is 3.76. The van der Waals surface area contributed by atoms with Crippen LogP contribution in [-0.4, -0.2) is 25.0 Å². The molecule has 0 amide bonds. The first kappa shape index (κ1) is 18.0. The molecule has 4 nitrogen and oxygen atoms in total. The number of carbonyl (C=O) groups is 2. The van der Waals surface area contributed by atoms with Gasteiger partial charge in [-0.2, -0.15) is 0 Å². The molecule has 0 saturated carbocycles. The SMILES string of the molecule is CCOC(=O)C(C)(C)C(=O)COc1c(C)cc(Br)cc1Cl. The highest BCUT2D eigenvalue weighted by molar-refractivity contribution is 9.10. The van der Waals surface area contributed by atoms with E-state index in [1.165, 1.54) is 13.8 Å². The highest BCUT2D eigenvalue weighted by atomic mass is 79.9. The fourth-order valence-electron chi connectivity index (χ4n) is 1.62. The van der Waals surface area contributed by atoms with E-state index in [1.807, 2.05) is 13.0 Å². The lowest BCUT2D eigenvalue weighted by molar-refractivity contribution is -0.158. The summed E-state index contributed by atoms with van der Waals surface area (Å²) in [6.45, 7) is 6.55. The third-order valence-electron chi connectivity index (χ3n) is 3.02. The molecule has 0 unspecified atom stereocenters. The van der Waals surface area contributed by atoms with Crippen molar-refractivity contribution in [2.24, 2.45) is 5.41 Å². The molecule has 0 aliphatic rings. The summed E-state index contributed by atoms with van der Waals surface area (Å²) in [4.78, 5) is 23.9. The van der Waals surface area contributed by atoms with Gasteiger partial charge in [0.25, 0.3) is 0 Å².